The average Bonchev–Trinajstić information content (AvgIpc) is 3.45. The molecule has 7 heteroatoms. The van der Waals surface area contributed by atoms with Gasteiger partial charge in [0, 0.05) is 18.0 Å². The highest BCUT2D eigenvalue weighted by molar-refractivity contribution is 6.35. The molecule has 2 aromatic rings. The van der Waals surface area contributed by atoms with Crippen LogP contribution in [0.2, 0.25) is 5.02 Å². The Bertz CT molecular complexity index is 763. The first-order valence-corrected chi connectivity index (χ1v) is 8.02. The van der Waals surface area contributed by atoms with Gasteiger partial charge in [0.05, 0.1) is 14.2 Å². The number of aromatic nitrogens is 2. The van der Waals surface area contributed by atoms with Crippen molar-refractivity contribution in [3.63, 3.8) is 0 Å². The van der Waals surface area contributed by atoms with E-state index in [0.717, 1.165) is 18.4 Å². The molecule has 1 aromatic carbocycles. The molecule has 1 aliphatic rings. The number of carbonyl (C=O) groups is 1. The third-order valence-corrected chi connectivity index (χ3v) is 4.25. The fraction of sp³-hybridized carbons (Fsp3) is 0.353. The van der Waals surface area contributed by atoms with Crippen molar-refractivity contribution < 1.29 is 14.3 Å². The van der Waals surface area contributed by atoms with Crippen LogP contribution in [0.5, 0.6) is 11.5 Å². The van der Waals surface area contributed by atoms with Crippen molar-refractivity contribution >= 4 is 23.7 Å². The van der Waals surface area contributed by atoms with Crippen molar-refractivity contribution in [2.45, 2.75) is 25.3 Å². The minimum atomic E-state index is 0.216. The minimum absolute atomic E-state index is 0.216. The lowest BCUT2D eigenvalue weighted by Gasteiger charge is -2.14. The topological polar surface area (TPSA) is 73.3 Å². The van der Waals surface area contributed by atoms with Gasteiger partial charge in [-0.15, -0.1) is 0 Å². The zero-order valence-electron chi connectivity index (χ0n) is 13.5. The molecular weight excluding hydrogens is 330 g/mol. The number of halogens is 1. The van der Waals surface area contributed by atoms with E-state index in [9.17, 15) is 4.79 Å². The van der Waals surface area contributed by atoms with Gasteiger partial charge in [0.2, 0.25) is 0 Å². The van der Waals surface area contributed by atoms with Crippen molar-refractivity contribution in [2.24, 2.45) is 0 Å². The van der Waals surface area contributed by atoms with E-state index in [1.165, 1.54) is 0 Å². The summed E-state index contributed by atoms with van der Waals surface area (Å²) in [5.41, 5.74) is 1.11. The van der Waals surface area contributed by atoms with Gasteiger partial charge in [-0.2, -0.15) is 0 Å². The molecule has 0 spiro atoms. The monoisotopic (exact) mass is 347 g/mol. The third-order valence-electron chi connectivity index (χ3n) is 3.88. The zero-order chi connectivity index (χ0) is 17.1. The van der Waals surface area contributed by atoms with Crippen LogP contribution in [0.4, 0.5) is 5.82 Å². The zero-order valence-corrected chi connectivity index (χ0v) is 14.3. The molecule has 0 aliphatic heterocycles. The quantitative estimate of drug-likeness (QED) is 0.773. The summed E-state index contributed by atoms with van der Waals surface area (Å²) in [5, 5.41) is 3.41. The second-order valence-electron chi connectivity index (χ2n) is 5.53. The molecule has 0 bridgehead atoms. The van der Waals surface area contributed by atoms with E-state index < -0.39 is 0 Å². The van der Waals surface area contributed by atoms with Crippen LogP contribution in [0.15, 0.2) is 18.2 Å². The van der Waals surface area contributed by atoms with Gasteiger partial charge in [-0.05, 0) is 18.9 Å². The molecule has 24 heavy (non-hydrogen) atoms. The third kappa shape index (κ3) is 3.28. The molecule has 3 rings (SSSR count). The Hall–Kier alpha value is -2.34. The molecule has 1 aliphatic carbocycles. The van der Waals surface area contributed by atoms with E-state index in [1.807, 2.05) is 18.2 Å². The Morgan fingerprint density at radius 3 is 2.71 bits per heavy atom. The molecule has 0 unspecified atom stereocenters. The maximum atomic E-state index is 11.2. The van der Waals surface area contributed by atoms with Crippen LogP contribution in [-0.2, 0) is 6.54 Å². The molecule has 0 atom stereocenters. The van der Waals surface area contributed by atoms with Gasteiger partial charge < -0.3 is 14.8 Å². The number of methoxy groups -OCH3 is 2. The van der Waals surface area contributed by atoms with E-state index in [0.29, 0.717) is 41.9 Å². The van der Waals surface area contributed by atoms with Crippen LogP contribution in [0.25, 0.3) is 0 Å². The second-order valence-corrected chi connectivity index (χ2v) is 5.91. The molecule has 0 saturated heterocycles. The van der Waals surface area contributed by atoms with Crippen molar-refractivity contribution in [3.05, 3.63) is 40.3 Å². The first kappa shape index (κ1) is 16.5. The summed E-state index contributed by atoms with van der Waals surface area (Å²) >= 11 is 6.23. The molecule has 6 nitrogen and oxygen atoms in total. The van der Waals surface area contributed by atoms with Crippen LogP contribution in [0.1, 0.15) is 40.6 Å². The molecule has 126 valence electrons. The lowest BCUT2D eigenvalue weighted by Crippen LogP contribution is -2.08. The van der Waals surface area contributed by atoms with Gasteiger partial charge in [-0.25, -0.2) is 9.97 Å². The van der Waals surface area contributed by atoms with Crippen molar-refractivity contribution in [1.29, 1.82) is 0 Å². The van der Waals surface area contributed by atoms with Gasteiger partial charge in [0.1, 0.15) is 22.4 Å². The smallest absolute Gasteiger partial charge is 0.170 e. The van der Waals surface area contributed by atoms with E-state index >= 15 is 0 Å². The maximum Gasteiger partial charge on any atom is 0.170 e. The Morgan fingerprint density at radius 2 is 2.08 bits per heavy atom. The molecule has 1 fully saturated rings. The van der Waals surface area contributed by atoms with E-state index in [4.69, 9.17) is 21.1 Å². The summed E-state index contributed by atoms with van der Waals surface area (Å²) < 4.78 is 10.7. The van der Waals surface area contributed by atoms with E-state index in [2.05, 4.69) is 15.3 Å². The highest BCUT2D eigenvalue weighted by atomic mass is 35.5. The lowest BCUT2D eigenvalue weighted by atomic mass is 10.2. The van der Waals surface area contributed by atoms with Gasteiger partial charge >= 0.3 is 0 Å². The number of anilines is 1. The number of hydrogen-bond donors (Lipinski definition) is 1. The Balaban J connectivity index is 1.87. The molecular formula is C17H18ClN3O3. The summed E-state index contributed by atoms with van der Waals surface area (Å²) in [6.45, 7) is 0.430. The predicted molar refractivity (Wildman–Crippen MR) is 91.3 cm³/mol. The number of nitrogens with zero attached hydrogens (tertiary/aromatic N) is 2. The predicted octanol–water partition coefficient (Wildman–Crippen LogP) is 3.45. The number of ether oxygens (including phenoxy) is 2. The molecule has 0 amide bonds. The average molecular weight is 348 g/mol. The summed E-state index contributed by atoms with van der Waals surface area (Å²) in [6, 6.07) is 5.63. The van der Waals surface area contributed by atoms with Gasteiger partial charge in [-0.1, -0.05) is 23.7 Å². The van der Waals surface area contributed by atoms with Crippen LogP contribution in [0, 0.1) is 0 Å². The largest absolute Gasteiger partial charge is 0.493 e. The molecule has 1 aromatic heterocycles. The van der Waals surface area contributed by atoms with Crippen LogP contribution >= 0.6 is 11.6 Å². The van der Waals surface area contributed by atoms with Crippen molar-refractivity contribution in [1.82, 2.24) is 9.97 Å². The summed E-state index contributed by atoms with van der Waals surface area (Å²) in [5.74, 6) is 2.75. The van der Waals surface area contributed by atoms with Crippen LogP contribution in [-0.4, -0.2) is 30.5 Å². The number of para-hydroxylation sites is 1. The molecule has 1 N–H and O–H groups in total. The second kappa shape index (κ2) is 7.05. The van der Waals surface area contributed by atoms with Crippen LogP contribution < -0.4 is 14.8 Å². The fourth-order valence-electron chi connectivity index (χ4n) is 2.47. The van der Waals surface area contributed by atoms with E-state index in [1.54, 1.807) is 14.2 Å². The molecule has 1 saturated carbocycles. The summed E-state index contributed by atoms with van der Waals surface area (Å²) in [4.78, 5) is 19.9. The first-order valence-electron chi connectivity index (χ1n) is 7.64. The van der Waals surface area contributed by atoms with Gasteiger partial charge in [-0.3, -0.25) is 4.79 Å². The molecule has 1 heterocycles. The summed E-state index contributed by atoms with van der Waals surface area (Å²) in [7, 11) is 3.18. The SMILES string of the molecule is COc1cccc(CNc2nc(C3CC3)nc(C=O)c2Cl)c1OC. The van der Waals surface area contributed by atoms with E-state index in [-0.39, 0.29) is 10.7 Å². The van der Waals surface area contributed by atoms with Gasteiger partial charge in [0.25, 0.3) is 0 Å². The number of rotatable bonds is 7. The summed E-state index contributed by atoms with van der Waals surface area (Å²) in [6.07, 6.45) is 2.75. The fourth-order valence-corrected chi connectivity index (χ4v) is 2.67. The first-order chi connectivity index (χ1) is 11.7. The van der Waals surface area contributed by atoms with Crippen molar-refractivity contribution in [2.75, 3.05) is 19.5 Å². The Labute approximate surface area is 145 Å². The van der Waals surface area contributed by atoms with Gasteiger partial charge in [0.15, 0.2) is 17.8 Å². The van der Waals surface area contributed by atoms with Crippen molar-refractivity contribution in [3.8, 4) is 11.5 Å². The highest BCUT2D eigenvalue weighted by Gasteiger charge is 2.28. The number of carbonyl (C=O) groups excluding carboxylic acids is 1. The maximum absolute atomic E-state index is 11.2. The Morgan fingerprint density at radius 1 is 1.29 bits per heavy atom. The lowest BCUT2D eigenvalue weighted by molar-refractivity contribution is 0.111. The van der Waals surface area contributed by atoms with Crippen LogP contribution in [0.3, 0.4) is 0 Å². The standard InChI is InChI=1S/C17H18ClN3O3/c1-23-13-5-3-4-11(15(13)24-2)8-19-17-14(18)12(9-22)20-16(21-17)10-6-7-10/h3-5,9-10H,6-8H2,1-2H3,(H,19,20,21). The number of benzene rings is 1. The number of aldehydes is 1. The molecule has 0 radical (unpaired) electrons. The minimum Gasteiger partial charge on any atom is -0.493 e. The number of hydrogen-bond acceptors (Lipinski definition) is 6. The number of nitrogens with one attached hydrogen (secondary N) is 1. The Kier molecular flexibility index (Phi) is 4.85. The normalized spacial score (nSPS) is 13.5. The highest BCUT2D eigenvalue weighted by Crippen LogP contribution is 2.39.